The number of nitrogens with zero attached hydrogens (tertiary/aromatic N) is 5. The lowest BCUT2D eigenvalue weighted by Crippen LogP contribution is -2.43. The Labute approximate surface area is 152 Å². The van der Waals surface area contributed by atoms with Gasteiger partial charge in [-0.2, -0.15) is 4.68 Å². The number of carbonyl (C=O) groups is 1. The van der Waals surface area contributed by atoms with E-state index in [2.05, 4.69) is 15.5 Å². The first-order valence-corrected chi connectivity index (χ1v) is 9.38. The Morgan fingerprint density at radius 2 is 1.92 bits per heavy atom. The fourth-order valence-corrected chi connectivity index (χ4v) is 3.46. The molecule has 0 spiro atoms. The van der Waals surface area contributed by atoms with Gasteiger partial charge < -0.3 is 9.64 Å². The van der Waals surface area contributed by atoms with Crippen molar-refractivity contribution >= 4 is 17.7 Å². The number of rotatable bonds is 8. The van der Waals surface area contributed by atoms with Crippen LogP contribution in [0, 0.1) is 0 Å². The van der Waals surface area contributed by atoms with Crippen LogP contribution < -0.4 is 4.74 Å². The van der Waals surface area contributed by atoms with E-state index in [1.165, 1.54) is 11.8 Å². The van der Waals surface area contributed by atoms with Crippen molar-refractivity contribution in [1.29, 1.82) is 0 Å². The van der Waals surface area contributed by atoms with E-state index in [0.29, 0.717) is 17.5 Å². The zero-order chi connectivity index (χ0) is 18.4. The Kier molecular flexibility index (Phi) is 6.81. The molecule has 8 heteroatoms. The van der Waals surface area contributed by atoms with E-state index in [1.54, 1.807) is 4.68 Å². The van der Waals surface area contributed by atoms with Crippen molar-refractivity contribution in [3.63, 3.8) is 0 Å². The quantitative estimate of drug-likeness (QED) is 0.672. The maximum absolute atomic E-state index is 12.5. The Morgan fingerprint density at radius 1 is 1.24 bits per heavy atom. The molecule has 1 aromatic heterocycles. The van der Waals surface area contributed by atoms with Crippen molar-refractivity contribution in [2.45, 2.75) is 51.9 Å². The number of aromatic nitrogens is 4. The summed E-state index contributed by atoms with van der Waals surface area (Å²) in [6.45, 7) is 10.6. The van der Waals surface area contributed by atoms with Gasteiger partial charge in [-0.3, -0.25) is 4.79 Å². The second-order valence-corrected chi connectivity index (χ2v) is 6.99. The van der Waals surface area contributed by atoms with E-state index in [1.807, 2.05) is 63.8 Å². The minimum atomic E-state index is 0.0719. The lowest BCUT2D eigenvalue weighted by molar-refractivity contribution is -0.131. The van der Waals surface area contributed by atoms with Gasteiger partial charge in [0, 0.05) is 12.1 Å². The third kappa shape index (κ3) is 4.72. The first-order valence-electron chi connectivity index (χ1n) is 8.40. The molecule has 0 bridgehead atoms. The molecule has 0 aliphatic heterocycles. The van der Waals surface area contributed by atoms with Crippen LogP contribution in [0.25, 0.3) is 5.69 Å². The molecule has 25 heavy (non-hydrogen) atoms. The van der Waals surface area contributed by atoms with Crippen LogP contribution in [0.5, 0.6) is 5.75 Å². The molecule has 0 fully saturated rings. The molecule has 0 saturated carbocycles. The largest absolute Gasteiger partial charge is 0.492 e. The molecule has 1 heterocycles. The molecule has 0 unspecified atom stereocenters. The fourth-order valence-electron chi connectivity index (χ4n) is 2.70. The third-order valence-corrected chi connectivity index (χ3v) is 4.46. The van der Waals surface area contributed by atoms with E-state index in [9.17, 15) is 4.79 Å². The van der Waals surface area contributed by atoms with Crippen LogP contribution in [0.2, 0.25) is 0 Å². The van der Waals surface area contributed by atoms with Crippen molar-refractivity contribution < 1.29 is 9.53 Å². The number of hydrogen-bond acceptors (Lipinski definition) is 6. The number of carbonyl (C=O) groups excluding carboxylic acids is 1. The lowest BCUT2D eigenvalue weighted by Gasteiger charge is -2.30. The van der Waals surface area contributed by atoms with Crippen LogP contribution in [0.1, 0.15) is 34.6 Å². The van der Waals surface area contributed by atoms with Gasteiger partial charge in [-0.15, -0.1) is 5.10 Å². The third-order valence-electron chi connectivity index (χ3n) is 3.56. The Bertz CT molecular complexity index is 694. The molecule has 7 nitrogen and oxygen atoms in total. The minimum absolute atomic E-state index is 0.0719. The first-order chi connectivity index (χ1) is 12.0. The van der Waals surface area contributed by atoms with Gasteiger partial charge in [0.05, 0.1) is 12.4 Å². The van der Waals surface area contributed by atoms with Crippen LogP contribution in [0.4, 0.5) is 0 Å². The standard InChI is InChI=1S/C17H25N5O2S/c1-6-24-15-10-8-7-9-14(15)22-17(18-19-20-22)25-11-16(23)21(12(2)3)13(4)5/h7-10,12-13H,6,11H2,1-5H3. The summed E-state index contributed by atoms with van der Waals surface area (Å²) in [5.74, 6) is 1.06. The zero-order valence-electron chi connectivity index (χ0n) is 15.3. The van der Waals surface area contributed by atoms with Gasteiger partial charge >= 0.3 is 0 Å². The highest BCUT2D eigenvalue weighted by atomic mass is 32.2. The van der Waals surface area contributed by atoms with Crippen LogP contribution in [0.3, 0.4) is 0 Å². The Balaban J connectivity index is 2.16. The number of para-hydroxylation sites is 2. The predicted molar refractivity (Wildman–Crippen MR) is 98.2 cm³/mol. The van der Waals surface area contributed by atoms with Gasteiger partial charge in [-0.25, -0.2) is 0 Å². The molecular weight excluding hydrogens is 338 g/mol. The highest BCUT2D eigenvalue weighted by Gasteiger charge is 2.21. The molecule has 0 radical (unpaired) electrons. The molecular formula is C17H25N5O2S. The summed E-state index contributed by atoms with van der Waals surface area (Å²) in [5.41, 5.74) is 0.758. The zero-order valence-corrected chi connectivity index (χ0v) is 16.2. The Hall–Kier alpha value is -2.09. The van der Waals surface area contributed by atoms with Crippen molar-refractivity contribution in [3.05, 3.63) is 24.3 Å². The summed E-state index contributed by atoms with van der Waals surface area (Å²) in [5, 5.41) is 12.4. The smallest absolute Gasteiger partial charge is 0.233 e. The van der Waals surface area contributed by atoms with E-state index in [-0.39, 0.29) is 23.7 Å². The Morgan fingerprint density at radius 3 is 2.56 bits per heavy atom. The molecule has 0 saturated heterocycles. The van der Waals surface area contributed by atoms with Gasteiger partial charge in [0.15, 0.2) is 0 Å². The second kappa shape index (κ2) is 8.84. The molecule has 1 aromatic carbocycles. The molecule has 2 rings (SSSR count). The molecule has 1 amide bonds. The molecule has 0 atom stereocenters. The highest BCUT2D eigenvalue weighted by Crippen LogP contribution is 2.26. The van der Waals surface area contributed by atoms with Crippen LogP contribution in [0.15, 0.2) is 29.4 Å². The lowest BCUT2D eigenvalue weighted by atomic mass is 10.2. The number of tetrazole rings is 1. The maximum Gasteiger partial charge on any atom is 0.233 e. The van der Waals surface area contributed by atoms with E-state index < -0.39 is 0 Å². The van der Waals surface area contributed by atoms with Gasteiger partial charge in [0.2, 0.25) is 11.1 Å². The normalized spacial score (nSPS) is 11.2. The topological polar surface area (TPSA) is 73.1 Å². The van der Waals surface area contributed by atoms with E-state index in [0.717, 1.165) is 5.69 Å². The van der Waals surface area contributed by atoms with Gasteiger partial charge in [-0.1, -0.05) is 23.9 Å². The summed E-state index contributed by atoms with van der Waals surface area (Å²) < 4.78 is 7.25. The summed E-state index contributed by atoms with van der Waals surface area (Å²) in [6, 6.07) is 7.88. The first kappa shape index (κ1) is 19.2. The van der Waals surface area contributed by atoms with Gasteiger partial charge in [0.25, 0.3) is 0 Å². The SMILES string of the molecule is CCOc1ccccc1-n1nnnc1SCC(=O)N(C(C)C)C(C)C. The maximum atomic E-state index is 12.5. The monoisotopic (exact) mass is 363 g/mol. The fraction of sp³-hybridized carbons (Fsp3) is 0.529. The van der Waals surface area contributed by atoms with Crippen molar-refractivity contribution in [2.24, 2.45) is 0 Å². The summed E-state index contributed by atoms with van der Waals surface area (Å²) in [4.78, 5) is 14.4. The van der Waals surface area contributed by atoms with Crippen LogP contribution >= 0.6 is 11.8 Å². The van der Waals surface area contributed by atoms with Gasteiger partial charge in [-0.05, 0) is 57.2 Å². The average molecular weight is 363 g/mol. The van der Waals surface area contributed by atoms with Crippen molar-refractivity contribution in [3.8, 4) is 11.4 Å². The summed E-state index contributed by atoms with van der Waals surface area (Å²) in [7, 11) is 0. The summed E-state index contributed by atoms with van der Waals surface area (Å²) in [6.07, 6.45) is 0. The molecule has 0 aliphatic carbocycles. The highest BCUT2D eigenvalue weighted by molar-refractivity contribution is 7.99. The molecule has 136 valence electrons. The number of amides is 1. The number of ether oxygens (including phenoxy) is 1. The van der Waals surface area contributed by atoms with Crippen molar-refractivity contribution in [2.75, 3.05) is 12.4 Å². The van der Waals surface area contributed by atoms with E-state index >= 15 is 0 Å². The van der Waals surface area contributed by atoms with E-state index in [4.69, 9.17) is 4.74 Å². The summed E-state index contributed by atoms with van der Waals surface area (Å²) >= 11 is 1.33. The van der Waals surface area contributed by atoms with Gasteiger partial charge in [0.1, 0.15) is 11.4 Å². The second-order valence-electron chi connectivity index (χ2n) is 6.05. The number of hydrogen-bond donors (Lipinski definition) is 0. The van der Waals surface area contributed by atoms with Crippen LogP contribution in [-0.2, 0) is 4.79 Å². The van der Waals surface area contributed by atoms with Crippen LogP contribution in [-0.4, -0.2) is 55.5 Å². The molecule has 0 aliphatic rings. The minimum Gasteiger partial charge on any atom is -0.492 e. The number of thioether (sulfide) groups is 1. The average Bonchev–Trinajstić information content (AvgIpc) is 3.01. The molecule has 2 aromatic rings. The number of benzene rings is 1. The van der Waals surface area contributed by atoms with Crippen molar-refractivity contribution in [1.82, 2.24) is 25.1 Å². The molecule has 0 N–H and O–H groups in total. The predicted octanol–water partition coefficient (Wildman–Crippen LogP) is 2.80.